The van der Waals surface area contributed by atoms with E-state index in [9.17, 15) is 4.79 Å². The number of aryl methyl sites for hydroxylation is 3. The molecule has 3 heteroatoms. The summed E-state index contributed by atoms with van der Waals surface area (Å²) in [6.07, 6.45) is 5.81. The Morgan fingerprint density at radius 1 is 0.879 bits per heavy atom. The van der Waals surface area contributed by atoms with Crippen molar-refractivity contribution in [3.63, 3.8) is 0 Å². The van der Waals surface area contributed by atoms with E-state index in [2.05, 4.69) is 66.8 Å². The van der Waals surface area contributed by atoms with E-state index in [0.29, 0.717) is 12.1 Å². The van der Waals surface area contributed by atoms with Gasteiger partial charge in [0.05, 0.1) is 5.69 Å². The van der Waals surface area contributed by atoms with Crippen LogP contribution in [0.1, 0.15) is 72.6 Å². The van der Waals surface area contributed by atoms with Gasteiger partial charge >= 0.3 is 0 Å². The Hall–Kier alpha value is -3.20. The van der Waals surface area contributed by atoms with Crippen molar-refractivity contribution < 1.29 is 4.79 Å². The molecule has 0 saturated carbocycles. The molecule has 0 radical (unpaired) electrons. The number of amides is 1. The average molecular weight is 441 g/mol. The van der Waals surface area contributed by atoms with Gasteiger partial charge in [-0.3, -0.25) is 9.79 Å². The zero-order chi connectivity index (χ0) is 23.5. The maximum absolute atomic E-state index is 12.7. The molecule has 0 bridgehead atoms. The van der Waals surface area contributed by atoms with Crippen molar-refractivity contribution in [2.24, 2.45) is 4.99 Å². The van der Waals surface area contributed by atoms with Crippen molar-refractivity contribution in [1.29, 1.82) is 0 Å². The van der Waals surface area contributed by atoms with E-state index in [-0.39, 0.29) is 5.91 Å². The van der Waals surface area contributed by atoms with Gasteiger partial charge in [-0.15, -0.1) is 0 Å². The minimum atomic E-state index is -0.0226. The first kappa shape index (κ1) is 24.4. The molecule has 1 heterocycles. The van der Waals surface area contributed by atoms with E-state index < -0.39 is 0 Å². The zero-order valence-electron chi connectivity index (χ0n) is 20.2. The molecule has 0 fully saturated rings. The molecule has 1 aliphatic heterocycles. The quantitative estimate of drug-likeness (QED) is 0.391. The van der Waals surface area contributed by atoms with Crippen molar-refractivity contribution >= 4 is 17.3 Å². The second kappa shape index (κ2) is 12.7. The van der Waals surface area contributed by atoms with Gasteiger partial charge in [0.2, 0.25) is 0 Å². The van der Waals surface area contributed by atoms with Crippen LogP contribution in [-0.2, 0) is 19.3 Å². The highest BCUT2D eigenvalue weighted by Crippen LogP contribution is 2.28. The van der Waals surface area contributed by atoms with Crippen LogP contribution in [0.25, 0.3) is 0 Å². The smallest absolute Gasteiger partial charge is 0.251 e. The normalized spacial score (nSPS) is 12.2. The summed E-state index contributed by atoms with van der Waals surface area (Å²) in [6.45, 7) is 6.85. The van der Waals surface area contributed by atoms with Crippen LogP contribution in [0, 0.1) is 0 Å². The number of fused-ring (bicyclic) bond motifs is 2. The number of carbonyl (C=O) groups excluding carboxylic acids is 1. The third-order valence-corrected chi connectivity index (χ3v) is 5.85. The van der Waals surface area contributed by atoms with E-state index >= 15 is 0 Å². The van der Waals surface area contributed by atoms with Gasteiger partial charge in [0.1, 0.15) is 0 Å². The van der Waals surface area contributed by atoms with Gasteiger partial charge in [0.25, 0.3) is 5.91 Å². The topological polar surface area (TPSA) is 41.5 Å². The van der Waals surface area contributed by atoms with Crippen LogP contribution in [-0.4, -0.2) is 18.2 Å². The lowest BCUT2D eigenvalue weighted by atomic mass is 9.92. The Labute approximate surface area is 199 Å². The van der Waals surface area contributed by atoms with Crippen molar-refractivity contribution in [2.45, 2.75) is 59.3 Å². The molecular formula is C30H36N2O. The highest BCUT2D eigenvalue weighted by Gasteiger charge is 2.16. The third kappa shape index (κ3) is 6.64. The lowest BCUT2D eigenvalue weighted by molar-refractivity contribution is 0.0953. The van der Waals surface area contributed by atoms with Gasteiger partial charge in [-0.2, -0.15) is 0 Å². The van der Waals surface area contributed by atoms with Crippen LogP contribution in [0.4, 0.5) is 5.69 Å². The maximum atomic E-state index is 12.7. The predicted molar refractivity (Wildman–Crippen MR) is 140 cm³/mol. The molecule has 0 saturated heterocycles. The Balaban J connectivity index is 0.00000149. The summed E-state index contributed by atoms with van der Waals surface area (Å²) in [6, 6.07) is 25.0. The molecule has 0 spiro atoms. The highest BCUT2D eigenvalue weighted by atomic mass is 16.1. The molecule has 172 valence electrons. The van der Waals surface area contributed by atoms with Crippen LogP contribution in [0.3, 0.4) is 0 Å². The highest BCUT2D eigenvalue weighted by molar-refractivity contribution is 6.04. The van der Waals surface area contributed by atoms with Crippen molar-refractivity contribution in [1.82, 2.24) is 5.32 Å². The molecule has 0 aromatic heterocycles. The number of rotatable bonds is 7. The number of benzene rings is 3. The second-order valence-corrected chi connectivity index (χ2v) is 8.15. The van der Waals surface area contributed by atoms with Gasteiger partial charge in [0.15, 0.2) is 0 Å². The first-order chi connectivity index (χ1) is 16.2. The van der Waals surface area contributed by atoms with Crippen LogP contribution in [0.5, 0.6) is 0 Å². The van der Waals surface area contributed by atoms with Gasteiger partial charge in [-0.05, 0) is 66.5 Å². The Morgan fingerprint density at radius 3 is 2.39 bits per heavy atom. The Morgan fingerprint density at radius 2 is 1.61 bits per heavy atom. The molecule has 0 aliphatic carbocycles. The zero-order valence-corrected chi connectivity index (χ0v) is 20.2. The number of aliphatic imine (C=N–C) groups is 1. The molecule has 1 amide bonds. The summed E-state index contributed by atoms with van der Waals surface area (Å²) in [5.74, 6) is -0.0226. The fraction of sp³-hybridized carbons (Fsp3) is 0.333. The van der Waals surface area contributed by atoms with E-state index in [1.165, 1.54) is 22.3 Å². The van der Waals surface area contributed by atoms with Crippen molar-refractivity contribution in [3.05, 3.63) is 101 Å². The molecule has 33 heavy (non-hydrogen) atoms. The SMILES string of the molecule is CC.CCCC1=Nc2cc(C(=O)NCCCc3ccccc3)ccc2CCc2ccccc21. The van der Waals surface area contributed by atoms with Gasteiger partial charge in [0, 0.05) is 17.8 Å². The van der Waals surface area contributed by atoms with E-state index in [1.54, 1.807) is 0 Å². The summed E-state index contributed by atoms with van der Waals surface area (Å²) >= 11 is 0. The average Bonchev–Trinajstić information content (AvgIpc) is 2.86. The largest absolute Gasteiger partial charge is 0.352 e. The molecular weight excluding hydrogens is 404 g/mol. The van der Waals surface area contributed by atoms with E-state index in [1.807, 2.05) is 32.0 Å². The number of nitrogens with one attached hydrogen (secondary N) is 1. The summed E-state index contributed by atoms with van der Waals surface area (Å²) in [4.78, 5) is 17.8. The Kier molecular flexibility index (Phi) is 9.44. The van der Waals surface area contributed by atoms with Crippen molar-refractivity contribution in [2.75, 3.05) is 6.54 Å². The lowest BCUT2D eigenvalue weighted by Gasteiger charge is -2.18. The number of nitrogens with zero attached hydrogens (tertiary/aromatic N) is 1. The fourth-order valence-electron chi connectivity index (χ4n) is 4.18. The summed E-state index contributed by atoms with van der Waals surface area (Å²) < 4.78 is 0. The molecule has 3 aromatic rings. The number of hydrogen-bond donors (Lipinski definition) is 1. The fourth-order valence-corrected chi connectivity index (χ4v) is 4.18. The van der Waals surface area contributed by atoms with Gasteiger partial charge in [-0.1, -0.05) is 87.9 Å². The number of carbonyl (C=O) groups is 1. The van der Waals surface area contributed by atoms with Crippen molar-refractivity contribution in [3.8, 4) is 0 Å². The minimum absolute atomic E-state index is 0.0226. The monoisotopic (exact) mass is 440 g/mol. The van der Waals surface area contributed by atoms with Gasteiger partial charge < -0.3 is 5.32 Å². The van der Waals surface area contributed by atoms with Crippen LogP contribution in [0.2, 0.25) is 0 Å². The summed E-state index contributed by atoms with van der Waals surface area (Å²) in [5, 5.41) is 3.07. The standard InChI is InChI=1S/C28H30N2O.C2H6/c1-2-9-26-25-14-7-6-13-22(25)15-16-23-17-18-24(20-27(23)30-26)28(31)29-19-8-12-21-10-4-3-5-11-21;1-2/h3-7,10-11,13-14,17-18,20H,2,8-9,12,15-16,19H2,1H3,(H,29,31);1-2H3. The minimum Gasteiger partial charge on any atom is -0.352 e. The molecule has 1 N–H and O–H groups in total. The Bertz CT molecular complexity index is 1070. The van der Waals surface area contributed by atoms with E-state index in [0.717, 1.165) is 49.9 Å². The first-order valence-electron chi connectivity index (χ1n) is 12.4. The number of hydrogen-bond acceptors (Lipinski definition) is 2. The first-order valence-corrected chi connectivity index (χ1v) is 12.4. The molecule has 3 aromatic carbocycles. The lowest BCUT2D eigenvalue weighted by Crippen LogP contribution is -2.24. The third-order valence-electron chi connectivity index (χ3n) is 5.85. The molecule has 3 nitrogen and oxygen atoms in total. The van der Waals surface area contributed by atoms with Gasteiger partial charge in [-0.25, -0.2) is 0 Å². The molecule has 0 atom stereocenters. The maximum Gasteiger partial charge on any atom is 0.251 e. The van der Waals surface area contributed by atoms with Crippen LogP contribution in [0.15, 0.2) is 77.8 Å². The summed E-state index contributed by atoms with van der Waals surface area (Å²) in [7, 11) is 0. The molecule has 0 unspecified atom stereocenters. The summed E-state index contributed by atoms with van der Waals surface area (Å²) in [5.41, 5.74) is 7.88. The van der Waals surface area contributed by atoms with Crippen LogP contribution >= 0.6 is 0 Å². The molecule has 4 rings (SSSR count). The second-order valence-electron chi connectivity index (χ2n) is 8.15. The predicted octanol–water partition coefficient (Wildman–Crippen LogP) is 7.09. The molecule has 1 aliphatic rings. The van der Waals surface area contributed by atoms with Crippen LogP contribution < -0.4 is 5.32 Å². The van der Waals surface area contributed by atoms with E-state index in [4.69, 9.17) is 4.99 Å².